The number of rotatable bonds is 1. The number of allylic oxidation sites excluding steroid dienone is 3. The standard InChI is InChI=1S/C15H16ClN/c16-14-5-7-15(8-6-14)17-10-9-12-3-1-2-4-13(12)11-17/h1-2,4-8,12H,3,9-11H2. The zero-order valence-electron chi connectivity index (χ0n) is 9.77. The summed E-state index contributed by atoms with van der Waals surface area (Å²) in [6.45, 7) is 2.22. The number of nitrogens with zero attached hydrogens (tertiary/aromatic N) is 1. The van der Waals surface area contributed by atoms with Crippen molar-refractivity contribution in [2.75, 3.05) is 18.0 Å². The third kappa shape index (κ3) is 2.25. The molecule has 3 rings (SSSR count). The number of halogens is 1. The molecule has 0 amide bonds. The Hall–Kier alpha value is -1.21. The van der Waals surface area contributed by atoms with Gasteiger partial charge in [0, 0.05) is 23.8 Å². The Morgan fingerprint density at radius 2 is 2.00 bits per heavy atom. The largest absolute Gasteiger partial charge is 0.367 e. The van der Waals surface area contributed by atoms with Gasteiger partial charge in [-0.15, -0.1) is 0 Å². The summed E-state index contributed by atoms with van der Waals surface area (Å²) < 4.78 is 0. The maximum Gasteiger partial charge on any atom is 0.0407 e. The van der Waals surface area contributed by atoms with E-state index >= 15 is 0 Å². The SMILES string of the molecule is Clc1ccc(N2CCC3CC=CC=C3C2)cc1. The zero-order valence-corrected chi connectivity index (χ0v) is 10.5. The Morgan fingerprint density at radius 3 is 2.82 bits per heavy atom. The summed E-state index contributed by atoms with van der Waals surface area (Å²) in [5, 5.41) is 0.809. The van der Waals surface area contributed by atoms with Crippen molar-refractivity contribution in [3.8, 4) is 0 Å². The number of hydrogen-bond donors (Lipinski definition) is 0. The third-order valence-corrected chi connectivity index (χ3v) is 3.96. The van der Waals surface area contributed by atoms with E-state index in [2.05, 4.69) is 35.3 Å². The van der Waals surface area contributed by atoms with Gasteiger partial charge in [0.1, 0.15) is 0 Å². The van der Waals surface area contributed by atoms with Gasteiger partial charge in [-0.25, -0.2) is 0 Å². The van der Waals surface area contributed by atoms with Crippen LogP contribution in [0, 0.1) is 5.92 Å². The van der Waals surface area contributed by atoms with Crippen LogP contribution in [0.25, 0.3) is 0 Å². The Bertz CT molecular complexity index is 458. The first-order chi connectivity index (χ1) is 8.33. The van der Waals surface area contributed by atoms with Crippen molar-refractivity contribution >= 4 is 17.3 Å². The predicted molar refractivity (Wildman–Crippen MR) is 73.6 cm³/mol. The molecule has 1 atom stereocenters. The van der Waals surface area contributed by atoms with Crippen LogP contribution < -0.4 is 4.90 Å². The minimum Gasteiger partial charge on any atom is -0.367 e. The monoisotopic (exact) mass is 245 g/mol. The molecule has 1 fully saturated rings. The van der Waals surface area contributed by atoms with E-state index in [1.807, 2.05) is 12.1 Å². The van der Waals surface area contributed by atoms with Crippen LogP contribution in [0.2, 0.25) is 5.02 Å². The number of hydrogen-bond acceptors (Lipinski definition) is 1. The molecule has 0 bridgehead atoms. The molecule has 0 spiro atoms. The van der Waals surface area contributed by atoms with Crippen LogP contribution >= 0.6 is 11.6 Å². The third-order valence-electron chi connectivity index (χ3n) is 3.70. The molecule has 88 valence electrons. The lowest BCUT2D eigenvalue weighted by Gasteiger charge is -2.36. The summed E-state index contributed by atoms with van der Waals surface area (Å²) in [5.41, 5.74) is 2.86. The number of benzene rings is 1. The van der Waals surface area contributed by atoms with Crippen molar-refractivity contribution in [3.05, 3.63) is 53.1 Å². The summed E-state index contributed by atoms with van der Waals surface area (Å²) in [4.78, 5) is 2.44. The van der Waals surface area contributed by atoms with Crippen LogP contribution in [0.3, 0.4) is 0 Å². The van der Waals surface area contributed by atoms with Crippen molar-refractivity contribution in [2.24, 2.45) is 5.92 Å². The molecule has 0 radical (unpaired) electrons. The highest BCUT2D eigenvalue weighted by Crippen LogP contribution is 2.31. The fraction of sp³-hybridized carbons (Fsp3) is 0.333. The summed E-state index contributed by atoms with van der Waals surface area (Å²) >= 11 is 5.92. The summed E-state index contributed by atoms with van der Waals surface area (Å²) in [7, 11) is 0. The van der Waals surface area contributed by atoms with Crippen LogP contribution in [-0.2, 0) is 0 Å². The molecule has 1 aromatic carbocycles. The molecule has 0 aromatic heterocycles. The van der Waals surface area contributed by atoms with Gasteiger partial charge in [0.05, 0.1) is 0 Å². The molecule has 1 aromatic rings. The minimum absolute atomic E-state index is 0.781. The lowest BCUT2D eigenvalue weighted by atomic mass is 9.85. The average molecular weight is 246 g/mol. The molecule has 1 aliphatic carbocycles. The van der Waals surface area contributed by atoms with E-state index in [0.29, 0.717) is 0 Å². The summed E-state index contributed by atoms with van der Waals surface area (Å²) in [6, 6.07) is 8.17. The Balaban J connectivity index is 1.79. The second-order valence-electron chi connectivity index (χ2n) is 4.79. The maximum atomic E-state index is 5.92. The Labute approximate surface area is 107 Å². The van der Waals surface area contributed by atoms with E-state index in [1.54, 1.807) is 5.57 Å². The molecular weight excluding hydrogens is 230 g/mol. The van der Waals surface area contributed by atoms with Crippen LogP contribution in [-0.4, -0.2) is 13.1 Å². The van der Waals surface area contributed by atoms with E-state index in [1.165, 1.54) is 18.5 Å². The van der Waals surface area contributed by atoms with Gasteiger partial charge in [0.25, 0.3) is 0 Å². The van der Waals surface area contributed by atoms with Crippen molar-refractivity contribution in [2.45, 2.75) is 12.8 Å². The second kappa shape index (κ2) is 4.58. The van der Waals surface area contributed by atoms with E-state index in [-0.39, 0.29) is 0 Å². The lowest BCUT2D eigenvalue weighted by molar-refractivity contribution is 0.502. The van der Waals surface area contributed by atoms with Crippen molar-refractivity contribution in [1.29, 1.82) is 0 Å². The van der Waals surface area contributed by atoms with Gasteiger partial charge >= 0.3 is 0 Å². The molecule has 17 heavy (non-hydrogen) atoms. The predicted octanol–water partition coefficient (Wildman–Crippen LogP) is 4.05. The topological polar surface area (TPSA) is 3.24 Å². The maximum absolute atomic E-state index is 5.92. The quantitative estimate of drug-likeness (QED) is 0.722. The highest BCUT2D eigenvalue weighted by Gasteiger charge is 2.23. The highest BCUT2D eigenvalue weighted by atomic mass is 35.5. The average Bonchev–Trinajstić information content (AvgIpc) is 2.39. The highest BCUT2D eigenvalue weighted by molar-refractivity contribution is 6.30. The minimum atomic E-state index is 0.781. The summed E-state index contributed by atoms with van der Waals surface area (Å²) in [5.74, 6) is 0.781. The molecule has 2 aliphatic rings. The molecule has 0 saturated carbocycles. The molecule has 0 N–H and O–H groups in total. The van der Waals surface area contributed by atoms with Crippen LogP contribution in [0.4, 0.5) is 5.69 Å². The van der Waals surface area contributed by atoms with E-state index in [4.69, 9.17) is 11.6 Å². The van der Waals surface area contributed by atoms with Gasteiger partial charge in [0.15, 0.2) is 0 Å². The fourth-order valence-electron chi connectivity index (χ4n) is 2.69. The van der Waals surface area contributed by atoms with Gasteiger partial charge in [-0.2, -0.15) is 0 Å². The number of fused-ring (bicyclic) bond motifs is 1. The van der Waals surface area contributed by atoms with Gasteiger partial charge in [0.2, 0.25) is 0 Å². The van der Waals surface area contributed by atoms with Gasteiger partial charge < -0.3 is 4.90 Å². The molecule has 2 heteroatoms. The molecule has 1 saturated heterocycles. The van der Waals surface area contributed by atoms with Gasteiger partial charge in [-0.1, -0.05) is 29.8 Å². The van der Waals surface area contributed by atoms with E-state index < -0.39 is 0 Å². The van der Waals surface area contributed by atoms with Crippen LogP contribution in [0.15, 0.2) is 48.1 Å². The normalized spacial score (nSPS) is 23.2. The first-order valence-electron chi connectivity index (χ1n) is 6.19. The number of piperidine rings is 1. The van der Waals surface area contributed by atoms with Gasteiger partial charge in [-0.05, 0) is 48.6 Å². The fourth-order valence-corrected chi connectivity index (χ4v) is 2.82. The molecule has 1 heterocycles. The van der Waals surface area contributed by atoms with Crippen molar-refractivity contribution in [1.82, 2.24) is 0 Å². The summed E-state index contributed by atoms with van der Waals surface area (Å²) in [6.07, 6.45) is 9.25. The first kappa shape index (κ1) is 10.9. The zero-order chi connectivity index (χ0) is 11.7. The molecule has 1 aliphatic heterocycles. The second-order valence-corrected chi connectivity index (χ2v) is 5.23. The van der Waals surface area contributed by atoms with E-state index in [9.17, 15) is 0 Å². The number of anilines is 1. The van der Waals surface area contributed by atoms with Crippen LogP contribution in [0.5, 0.6) is 0 Å². The van der Waals surface area contributed by atoms with Gasteiger partial charge in [-0.3, -0.25) is 0 Å². The molecular formula is C15H16ClN. The van der Waals surface area contributed by atoms with E-state index in [0.717, 1.165) is 24.0 Å². The Kier molecular flexibility index (Phi) is 2.94. The Morgan fingerprint density at radius 1 is 1.18 bits per heavy atom. The van der Waals surface area contributed by atoms with Crippen molar-refractivity contribution < 1.29 is 0 Å². The van der Waals surface area contributed by atoms with Crippen molar-refractivity contribution in [3.63, 3.8) is 0 Å². The first-order valence-corrected chi connectivity index (χ1v) is 6.57. The molecule has 1 nitrogen and oxygen atoms in total. The smallest absolute Gasteiger partial charge is 0.0407 e. The molecule has 1 unspecified atom stereocenters. The van der Waals surface area contributed by atoms with Crippen LogP contribution in [0.1, 0.15) is 12.8 Å². The lowest BCUT2D eigenvalue weighted by Crippen LogP contribution is -2.35.